The molecule has 0 spiro atoms. The smallest absolute Gasteiger partial charge is 0.0400 e. The van der Waals surface area contributed by atoms with E-state index in [0.29, 0.717) is 0 Å². The topological polar surface area (TPSA) is 29.3 Å². The molecule has 0 unspecified atom stereocenters. The lowest BCUT2D eigenvalue weighted by atomic mass is 10.2. The summed E-state index contributed by atoms with van der Waals surface area (Å²) in [5, 5.41) is 0. The van der Waals surface area contributed by atoms with Gasteiger partial charge in [-0.1, -0.05) is 15.9 Å². The van der Waals surface area contributed by atoms with Gasteiger partial charge in [0.05, 0.1) is 0 Å². The summed E-state index contributed by atoms with van der Waals surface area (Å²) < 4.78 is 1.17. The van der Waals surface area contributed by atoms with Gasteiger partial charge in [0.25, 0.3) is 0 Å². The molecule has 0 saturated heterocycles. The first kappa shape index (κ1) is 9.03. The molecule has 2 rings (SSSR count). The quantitative estimate of drug-likeness (QED) is 0.854. The van der Waals surface area contributed by atoms with E-state index in [9.17, 15) is 0 Å². The monoisotopic (exact) mass is 240 g/mol. The van der Waals surface area contributed by atoms with Crippen molar-refractivity contribution in [3.05, 3.63) is 28.2 Å². The molecule has 1 aromatic rings. The van der Waals surface area contributed by atoms with Crippen molar-refractivity contribution in [2.45, 2.75) is 6.42 Å². The lowest BCUT2D eigenvalue weighted by Gasteiger charge is -2.17. The van der Waals surface area contributed by atoms with E-state index in [2.05, 4.69) is 39.0 Å². The van der Waals surface area contributed by atoms with Crippen LogP contribution in [0.2, 0.25) is 0 Å². The molecule has 0 radical (unpaired) electrons. The van der Waals surface area contributed by atoms with Gasteiger partial charge in [-0.2, -0.15) is 0 Å². The van der Waals surface area contributed by atoms with Crippen LogP contribution in [-0.2, 0) is 6.42 Å². The molecule has 0 amide bonds. The van der Waals surface area contributed by atoms with Crippen LogP contribution in [0.3, 0.4) is 0 Å². The maximum Gasteiger partial charge on any atom is 0.0400 e. The summed E-state index contributed by atoms with van der Waals surface area (Å²) in [4.78, 5) is 2.35. The number of fused-ring (bicyclic) bond motifs is 1. The molecule has 0 aromatic heterocycles. The number of nitrogens with two attached hydrogens (primary N) is 1. The molecular formula is C10H13BrN2. The first-order valence-corrected chi connectivity index (χ1v) is 5.34. The largest absolute Gasteiger partial charge is 0.370 e. The first-order valence-electron chi connectivity index (χ1n) is 4.54. The second-order valence-electron chi connectivity index (χ2n) is 3.30. The van der Waals surface area contributed by atoms with Crippen molar-refractivity contribution in [3.8, 4) is 0 Å². The van der Waals surface area contributed by atoms with E-state index in [-0.39, 0.29) is 0 Å². The van der Waals surface area contributed by atoms with Crippen LogP contribution in [-0.4, -0.2) is 19.6 Å². The van der Waals surface area contributed by atoms with Gasteiger partial charge in [0, 0.05) is 29.8 Å². The lowest BCUT2D eigenvalue weighted by Crippen LogP contribution is -2.27. The highest BCUT2D eigenvalue weighted by molar-refractivity contribution is 9.10. The van der Waals surface area contributed by atoms with Crippen LogP contribution in [0, 0.1) is 0 Å². The van der Waals surface area contributed by atoms with Crippen molar-refractivity contribution in [2.24, 2.45) is 5.73 Å². The Balaban J connectivity index is 2.27. The van der Waals surface area contributed by atoms with Crippen molar-refractivity contribution in [3.63, 3.8) is 0 Å². The van der Waals surface area contributed by atoms with Gasteiger partial charge >= 0.3 is 0 Å². The zero-order chi connectivity index (χ0) is 9.26. The molecule has 0 atom stereocenters. The van der Waals surface area contributed by atoms with Gasteiger partial charge in [0.15, 0.2) is 0 Å². The second kappa shape index (κ2) is 3.68. The summed E-state index contributed by atoms with van der Waals surface area (Å²) in [6, 6.07) is 6.46. The Kier molecular flexibility index (Phi) is 2.56. The van der Waals surface area contributed by atoms with E-state index in [1.54, 1.807) is 0 Å². The molecule has 2 nitrogen and oxygen atoms in total. The summed E-state index contributed by atoms with van der Waals surface area (Å²) in [6.45, 7) is 2.81. The summed E-state index contributed by atoms with van der Waals surface area (Å²) in [6.07, 6.45) is 1.15. The van der Waals surface area contributed by atoms with Gasteiger partial charge in [-0.15, -0.1) is 0 Å². The van der Waals surface area contributed by atoms with Crippen LogP contribution < -0.4 is 10.6 Å². The molecular weight excluding hydrogens is 228 g/mol. The maximum atomic E-state index is 5.54. The van der Waals surface area contributed by atoms with Gasteiger partial charge in [-0.3, -0.25) is 0 Å². The lowest BCUT2D eigenvalue weighted by molar-refractivity contribution is 0.821. The summed E-state index contributed by atoms with van der Waals surface area (Å²) in [5.41, 5.74) is 8.33. The fourth-order valence-electron chi connectivity index (χ4n) is 1.83. The highest BCUT2D eigenvalue weighted by atomic mass is 79.9. The summed E-state index contributed by atoms with van der Waals surface area (Å²) >= 11 is 3.48. The predicted molar refractivity (Wildman–Crippen MR) is 59.1 cm³/mol. The number of hydrogen-bond acceptors (Lipinski definition) is 2. The number of benzene rings is 1. The molecule has 1 aliphatic rings. The van der Waals surface area contributed by atoms with E-state index in [1.165, 1.54) is 15.7 Å². The summed E-state index contributed by atoms with van der Waals surface area (Å²) in [5.74, 6) is 0. The summed E-state index contributed by atoms with van der Waals surface area (Å²) in [7, 11) is 0. The van der Waals surface area contributed by atoms with Gasteiger partial charge in [0.2, 0.25) is 0 Å². The van der Waals surface area contributed by atoms with Gasteiger partial charge in [-0.25, -0.2) is 0 Å². The zero-order valence-corrected chi connectivity index (χ0v) is 9.05. The van der Waals surface area contributed by atoms with E-state index in [0.717, 1.165) is 26.1 Å². The van der Waals surface area contributed by atoms with Gasteiger partial charge in [-0.05, 0) is 30.2 Å². The minimum absolute atomic E-state index is 0.732. The Labute approximate surface area is 86.9 Å². The molecule has 3 heteroatoms. The highest BCUT2D eigenvalue weighted by Gasteiger charge is 2.17. The Morgan fingerprint density at radius 3 is 3.08 bits per heavy atom. The highest BCUT2D eigenvalue weighted by Crippen LogP contribution is 2.29. The Morgan fingerprint density at radius 1 is 1.46 bits per heavy atom. The average Bonchev–Trinajstić information content (AvgIpc) is 2.49. The average molecular weight is 241 g/mol. The third kappa shape index (κ3) is 1.71. The maximum absolute atomic E-state index is 5.54. The van der Waals surface area contributed by atoms with Crippen molar-refractivity contribution < 1.29 is 0 Å². The zero-order valence-electron chi connectivity index (χ0n) is 7.46. The Bertz CT molecular complexity index is 312. The van der Waals surface area contributed by atoms with Crippen LogP contribution in [0.25, 0.3) is 0 Å². The van der Waals surface area contributed by atoms with Crippen LogP contribution >= 0.6 is 15.9 Å². The second-order valence-corrected chi connectivity index (χ2v) is 4.21. The van der Waals surface area contributed by atoms with Crippen molar-refractivity contribution in [2.75, 3.05) is 24.5 Å². The molecule has 2 N–H and O–H groups in total. The number of hydrogen-bond donors (Lipinski definition) is 1. The van der Waals surface area contributed by atoms with E-state index < -0.39 is 0 Å². The van der Waals surface area contributed by atoms with E-state index >= 15 is 0 Å². The molecule has 0 fully saturated rings. The van der Waals surface area contributed by atoms with Gasteiger partial charge < -0.3 is 10.6 Å². The minimum atomic E-state index is 0.732. The molecule has 13 heavy (non-hydrogen) atoms. The Morgan fingerprint density at radius 2 is 2.31 bits per heavy atom. The number of halogens is 1. The number of nitrogens with zero attached hydrogens (tertiary/aromatic N) is 1. The molecule has 1 aliphatic heterocycles. The molecule has 0 aliphatic carbocycles. The molecule has 0 bridgehead atoms. The van der Waals surface area contributed by atoms with E-state index in [4.69, 9.17) is 5.73 Å². The molecule has 0 saturated carbocycles. The first-order chi connectivity index (χ1) is 6.31. The van der Waals surface area contributed by atoms with Crippen molar-refractivity contribution in [1.82, 2.24) is 0 Å². The van der Waals surface area contributed by atoms with Crippen LogP contribution in [0.1, 0.15) is 5.56 Å². The number of rotatable bonds is 2. The van der Waals surface area contributed by atoms with E-state index in [1.807, 2.05) is 0 Å². The normalized spacial score (nSPS) is 14.8. The standard InChI is InChI=1S/C10H13BrN2/c11-9-1-2-10-8(7-9)3-5-13(10)6-4-12/h1-2,7H,3-6,12H2. The fraction of sp³-hybridized carbons (Fsp3) is 0.400. The molecule has 1 heterocycles. The Hall–Kier alpha value is -0.540. The minimum Gasteiger partial charge on any atom is -0.370 e. The van der Waals surface area contributed by atoms with Crippen LogP contribution in [0.5, 0.6) is 0 Å². The third-order valence-electron chi connectivity index (χ3n) is 2.43. The van der Waals surface area contributed by atoms with Gasteiger partial charge in [0.1, 0.15) is 0 Å². The van der Waals surface area contributed by atoms with Crippen LogP contribution in [0.4, 0.5) is 5.69 Å². The van der Waals surface area contributed by atoms with Crippen molar-refractivity contribution >= 4 is 21.6 Å². The van der Waals surface area contributed by atoms with Crippen LogP contribution in [0.15, 0.2) is 22.7 Å². The van der Waals surface area contributed by atoms with Crippen molar-refractivity contribution in [1.29, 1.82) is 0 Å². The molecule has 70 valence electrons. The molecule has 1 aromatic carbocycles. The predicted octanol–water partition coefficient (Wildman–Crippen LogP) is 1.77. The number of anilines is 1. The SMILES string of the molecule is NCCN1CCc2cc(Br)ccc21. The fourth-order valence-corrected chi connectivity index (χ4v) is 2.24. The third-order valence-corrected chi connectivity index (χ3v) is 2.93.